The fraction of sp³-hybridized carbons (Fsp3) is 0.600. The standard InChI is InChI=1S/C20H20N2OS/c21-11-19(12-22)20(24-18(23-19)15-4-2-1-3-5-15)16-7-13-6-14(9-16)10-17(20)8-13/h1-5,13-14,16-18H,6-10H2/t13?,14?,16?,17?,18-,20?/m0/s1. The Balaban J connectivity index is 1.62. The second-order valence-electron chi connectivity index (χ2n) is 7.98. The highest BCUT2D eigenvalue weighted by Gasteiger charge is 2.72. The van der Waals surface area contributed by atoms with E-state index in [1.165, 1.54) is 32.1 Å². The van der Waals surface area contributed by atoms with Gasteiger partial charge in [-0.1, -0.05) is 30.3 Å². The second kappa shape index (κ2) is 5.01. The highest BCUT2D eigenvalue weighted by atomic mass is 32.2. The summed E-state index contributed by atoms with van der Waals surface area (Å²) in [5.41, 5.74) is -0.438. The average molecular weight is 336 g/mol. The number of rotatable bonds is 1. The lowest BCUT2D eigenvalue weighted by Gasteiger charge is -2.61. The molecule has 1 aromatic rings. The Bertz CT molecular complexity index is 705. The van der Waals surface area contributed by atoms with Crippen LogP contribution >= 0.6 is 11.8 Å². The maximum atomic E-state index is 10.0. The Morgan fingerprint density at radius 3 is 2.04 bits per heavy atom. The van der Waals surface area contributed by atoms with Crippen LogP contribution in [0.3, 0.4) is 0 Å². The molecule has 4 aliphatic carbocycles. The maximum absolute atomic E-state index is 10.0. The van der Waals surface area contributed by atoms with E-state index in [0.717, 1.165) is 17.4 Å². The third-order valence-corrected chi connectivity index (χ3v) is 8.80. The molecule has 6 rings (SSSR count). The van der Waals surface area contributed by atoms with Gasteiger partial charge >= 0.3 is 0 Å². The van der Waals surface area contributed by atoms with Gasteiger partial charge in [-0.15, -0.1) is 11.8 Å². The average Bonchev–Trinajstić information content (AvgIpc) is 2.96. The van der Waals surface area contributed by atoms with E-state index in [-0.39, 0.29) is 10.2 Å². The summed E-state index contributed by atoms with van der Waals surface area (Å²) in [7, 11) is 0. The summed E-state index contributed by atoms with van der Waals surface area (Å²) in [6.07, 6.45) is 6.07. The van der Waals surface area contributed by atoms with Crippen molar-refractivity contribution in [2.24, 2.45) is 23.7 Å². The summed E-state index contributed by atoms with van der Waals surface area (Å²) in [5.74, 6) is 2.52. The van der Waals surface area contributed by atoms with Crippen LogP contribution < -0.4 is 0 Å². The molecular formula is C20H20N2OS. The monoisotopic (exact) mass is 336 g/mol. The molecule has 1 aliphatic heterocycles. The zero-order chi connectivity index (χ0) is 16.4. The summed E-state index contributed by atoms with van der Waals surface area (Å²) in [6.45, 7) is 0. The first-order valence-electron chi connectivity index (χ1n) is 8.94. The van der Waals surface area contributed by atoms with Gasteiger partial charge in [-0.3, -0.25) is 0 Å². The molecule has 4 bridgehead atoms. The van der Waals surface area contributed by atoms with Gasteiger partial charge in [0.2, 0.25) is 0 Å². The van der Waals surface area contributed by atoms with Gasteiger partial charge in [-0.05, 0) is 61.3 Å². The first-order chi connectivity index (χ1) is 11.7. The van der Waals surface area contributed by atoms with Crippen LogP contribution in [0.5, 0.6) is 0 Å². The quantitative estimate of drug-likeness (QED) is 0.761. The van der Waals surface area contributed by atoms with Crippen LogP contribution in [0.4, 0.5) is 0 Å². The molecule has 3 nitrogen and oxygen atoms in total. The molecular weight excluding hydrogens is 316 g/mol. The highest BCUT2D eigenvalue weighted by Crippen LogP contribution is 2.72. The molecule has 0 aromatic heterocycles. The van der Waals surface area contributed by atoms with Gasteiger partial charge in [-0.25, -0.2) is 0 Å². The van der Waals surface area contributed by atoms with Crippen molar-refractivity contribution in [1.29, 1.82) is 10.5 Å². The van der Waals surface area contributed by atoms with Gasteiger partial charge in [0, 0.05) is 0 Å². The number of hydrogen-bond donors (Lipinski definition) is 0. The van der Waals surface area contributed by atoms with E-state index in [9.17, 15) is 10.5 Å². The maximum Gasteiger partial charge on any atom is 0.257 e. The SMILES string of the molecule is N#CC1(C#N)O[C@H](c2ccccc2)SC12C1CC3CC(C1)CC2C3. The van der Waals surface area contributed by atoms with Crippen LogP contribution in [-0.4, -0.2) is 10.3 Å². The number of nitrogens with zero attached hydrogens (tertiary/aromatic N) is 2. The summed E-state index contributed by atoms with van der Waals surface area (Å²) >= 11 is 1.79. The van der Waals surface area contributed by atoms with Crippen molar-refractivity contribution in [2.45, 2.75) is 47.9 Å². The smallest absolute Gasteiger partial charge is 0.257 e. The molecule has 1 aromatic carbocycles. The molecule has 122 valence electrons. The molecule has 1 saturated heterocycles. The molecule has 1 spiro atoms. The first kappa shape index (κ1) is 14.8. The summed E-state index contributed by atoms with van der Waals surface area (Å²) in [6, 6.07) is 14.8. The topological polar surface area (TPSA) is 56.8 Å². The van der Waals surface area contributed by atoms with Gasteiger partial charge in [0.05, 0.1) is 4.75 Å². The lowest BCUT2D eigenvalue weighted by molar-refractivity contribution is -0.0874. The molecule has 5 aliphatic rings. The first-order valence-corrected chi connectivity index (χ1v) is 9.82. The highest BCUT2D eigenvalue weighted by molar-refractivity contribution is 8.01. The third kappa shape index (κ3) is 1.71. The summed E-state index contributed by atoms with van der Waals surface area (Å²) in [4.78, 5) is 0. The number of nitriles is 2. The number of hydrogen-bond acceptors (Lipinski definition) is 4. The van der Waals surface area contributed by atoms with Crippen molar-refractivity contribution in [1.82, 2.24) is 0 Å². The van der Waals surface area contributed by atoms with E-state index in [1.807, 2.05) is 30.3 Å². The van der Waals surface area contributed by atoms with Crippen LogP contribution in [0.1, 0.15) is 43.1 Å². The predicted molar refractivity (Wildman–Crippen MR) is 91.6 cm³/mol. The third-order valence-electron chi connectivity index (χ3n) is 6.87. The van der Waals surface area contributed by atoms with E-state index in [2.05, 4.69) is 12.1 Å². The van der Waals surface area contributed by atoms with E-state index >= 15 is 0 Å². The van der Waals surface area contributed by atoms with Crippen molar-refractivity contribution in [3.8, 4) is 12.1 Å². The molecule has 24 heavy (non-hydrogen) atoms. The van der Waals surface area contributed by atoms with Gasteiger partial charge in [0.25, 0.3) is 5.60 Å². The fourth-order valence-corrected chi connectivity index (χ4v) is 8.10. The summed E-state index contributed by atoms with van der Waals surface area (Å²) < 4.78 is 5.91. The van der Waals surface area contributed by atoms with Gasteiger partial charge in [0.1, 0.15) is 17.6 Å². The van der Waals surface area contributed by atoms with Crippen LogP contribution in [0.25, 0.3) is 0 Å². The Morgan fingerprint density at radius 2 is 1.50 bits per heavy atom. The number of benzene rings is 1. The van der Waals surface area contributed by atoms with Gasteiger partial charge in [-0.2, -0.15) is 10.5 Å². The molecule has 1 heterocycles. The van der Waals surface area contributed by atoms with Crippen LogP contribution in [0.2, 0.25) is 0 Å². The zero-order valence-corrected chi connectivity index (χ0v) is 14.3. The minimum atomic E-state index is -1.30. The predicted octanol–water partition coefficient (Wildman–Crippen LogP) is 4.43. The lowest BCUT2D eigenvalue weighted by atomic mass is 9.48. The van der Waals surface area contributed by atoms with Gasteiger partial charge in [0.15, 0.2) is 0 Å². The van der Waals surface area contributed by atoms with Crippen molar-refractivity contribution in [3.63, 3.8) is 0 Å². The molecule has 4 heteroatoms. The molecule has 0 amide bonds. The summed E-state index contributed by atoms with van der Waals surface area (Å²) in [5, 5.41) is 20.0. The van der Waals surface area contributed by atoms with Crippen molar-refractivity contribution in [3.05, 3.63) is 35.9 Å². The minimum absolute atomic E-state index is 0.206. The molecule has 5 fully saturated rings. The fourth-order valence-electron chi connectivity index (χ4n) is 6.19. The Hall–Kier alpha value is -1.49. The van der Waals surface area contributed by atoms with E-state index in [1.54, 1.807) is 11.8 Å². The van der Waals surface area contributed by atoms with Crippen LogP contribution in [0, 0.1) is 46.3 Å². The zero-order valence-electron chi connectivity index (χ0n) is 13.5. The number of thioether (sulfide) groups is 1. The van der Waals surface area contributed by atoms with Crippen molar-refractivity contribution in [2.75, 3.05) is 0 Å². The normalized spacial score (nSPS) is 44.3. The largest absolute Gasteiger partial charge is 0.328 e. The van der Waals surface area contributed by atoms with Crippen molar-refractivity contribution >= 4 is 11.8 Å². The molecule has 0 radical (unpaired) electrons. The van der Waals surface area contributed by atoms with Crippen LogP contribution in [-0.2, 0) is 4.74 Å². The molecule has 1 atom stereocenters. The second-order valence-corrected chi connectivity index (χ2v) is 9.32. The Labute approximate surface area is 147 Å². The van der Waals surface area contributed by atoms with E-state index in [0.29, 0.717) is 11.8 Å². The molecule has 0 unspecified atom stereocenters. The number of ether oxygens (including phenoxy) is 1. The Kier molecular flexibility index (Phi) is 3.09. The molecule has 0 N–H and O–H groups in total. The van der Waals surface area contributed by atoms with Crippen LogP contribution in [0.15, 0.2) is 30.3 Å². The Morgan fingerprint density at radius 1 is 0.917 bits per heavy atom. The lowest BCUT2D eigenvalue weighted by Crippen LogP contribution is -2.64. The van der Waals surface area contributed by atoms with E-state index in [4.69, 9.17) is 4.74 Å². The van der Waals surface area contributed by atoms with Crippen molar-refractivity contribution < 1.29 is 4.74 Å². The molecule has 4 saturated carbocycles. The minimum Gasteiger partial charge on any atom is -0.328 e. The van der Waals surface area contributed by atoms with Gasteiger partial charge < -0.3 is 4.74 Å². The van der Waals surface area contributed by atoms with E-state index < -0.39 is 5.60 Å².